The van der Waals surface area contributed by atoms with Crippen molar-refractivity contribution in [3.8, 4) is 10.8 Å². The van der Waals surface area contributed by atoms with Gasteiger partial charge in [-0.2, -0.15) is 4.98 Å². The van der Waals surface area contributed by atoms with Crippen LogP contribution in [-0.2, 0) is 6.42 Å². The predicted molar refractivity (Wildman–Crippen MR) is 92.0 cm³/mol. The number of likely N-dealkylation sites (N-methyl/N-ethyl adjacent to an activating group) is 1. The Labute approximate surface area is 143 Å². The van der Waals surface area contributed by atoms with E-state index in [9.17, 15) is 4.79 Å². The highest BCUT2D eigenvalue weighted by Crippen LogP contribution is 2.32. The lowest BCUT2D eigenvalue weighted by atomic mass is 10.2. The van der Waals surface area contributed by atoms with Crippen LogP contribution in [0.5, 0.6) is 0 Å². The zero-order chi connectivity index (χ0) is 16.9. The van der Waals surface area contributed by atoms with Gasteiger partial charge in [-0.1, -0.05) is 5.16 Å². The molecule has 0 aliphatic carbocycles. The molecule has 7 nitrogen and oxygen atoms in total. The Morgan fingerprint density at radius 3 is 2.88 bits per heavy atom. The molecular weight excluding hydrogens is 326 g/mol. The molecule has 3 aromatic heterocycles. The molecule has 0 spiro atoms. The molecule has 0 aliphatic rings. The van der Waals surface area contributed by atoms with Gasteiger partial charge in [0, 0.05) is 30.4 Å². The summed E-state index contributed by atoms with van der Waals surface area (Å²) in [7, 11) is 1.89. The minimum atomic E-state index is -0.208. The van der Waals surface area contributed by atoms with Crippen LogP contribution in [0.25, 0.3) is 10.8 Å². The van der Waals surface area contributed by atoms with E-state index in [-0.39, 0.29) is 11.9 Å². The summed E-state index contributed by atoms with van der Waals surface area (Å²) in [5.74, 6) is 0.834. The molecular formula is C16H17N5O2S. The number of nitrogens with zero attached hydrogens (tertiary/aromatic N) is 3. The van der Waals surface area contributed by atoms with Crippen molar-refractivity contribution >= 4 is 22.9 Å². The molecule has 124 valence electrons. The number of hydrogen-bond donors (Lipinski definition) is 2. The Kier molecular flexibility index (Phi) is 4.97. The van der Waals surface area contributed by atoms with E-state index in [0.717, 1.165) is 4.88 Å². The summed E-state index contributed by atoms with van der Waals surface area (Å²) in [5, 5.41) is 11.9. The molecule has 0 saturated carbocycles. The summed E-state index contributed by atoms with van der Waals surface area (Å²) < 4.78 is 5.34. The van der Waals surface area contributed by atoms with Crippen molar-refractivity contribution in [3.05, 3.63) is 47.4 Å². The number of thiophene rings is 1. The lowest BCUT2D eigenvalue weighted by Crippen LogP contribution is -2.24. The normalized spacial score (nSPS) is 12.1. The highest BCUT2D eigenvalue weighted by atomic mass is 32.1. The number of rotatable bonds is 6. The zero-order valence-corrected chi connectivity index (χ0v) is 14.1. The van der Waals surface area contributed by atoms with E-state index in [1.807, 2.05) is 25.4 Å². The second-order valence-corrected chi connectivity index (χ2v) is 6.18. The average molecular weight is 343 g/mol. The van der Waals surface area contributed by atoms with Gasteiger partial charge in [-0.15, -0.1) is 11.3 Å². The molecule has 0 aliphatic heterocycles. The summed E-state index contributed by atoms with van der Waals surface area (Å²) >= 11 is 1.44. The van der Waals surface area contributed by atoms with E-state index in [1.165, 1.54) is 11.3 Å². The number of nitrogens with one attached hydrogen (secondary N) is 2. The summed E-state index contributed by atoms with van der Waals surface area (Å²) in [6, 6.07) is 5.39. The standard InChI is InChI=1S/C16H17N5O2S/c1-10(17-2)9-13-20-16(23-21-13)14-12(5-8-24-14)19-15(22)11-3-6-18-7-4-11/h3-8,10,17H,9H2,1-2H3,(H,19,22). The van der Waals surface area contributed by atoms with Crippen LogP contribution in [0.3, 0.4) is 0 Å². The van der Waals surface area contributed by atoms with Crippen LogP contribution in [0.1, 0.15) is 23.1 Å². The first-order chi connectivity index (χ1) is 11.7. The van der Waals surface area contributed by atoms with Crippen molar-refractivity contribution < 1.29 is 9.32 Å². The van der Waals surface area contributed by atoms with Gasteiger partial charge in [0.05, 0.1) is 5.69 Å². The van der Waals surface area contributed by atoms with Crippen molar-refractivity contribution in [2.75, 3.05) is 12.4 Å². The fourth-order valence-corrected chi connectivity index (χ4v) is 2.85. The molecule has 0 fully saturated rings. The first-order valence-electron chi connectivity index (χ1n) is 7.46. The Morgan fingerprint density at radius 1 is 1.33 bits per heavy atom. The van der Waals surface area contributed by atoms with Crippen molar-refractivity contribution in [1.29, 1.82) is 0 Å². The molecule has 3 aromatic rings. The Hall–Kier alpha value is -2.58. The fraction of sp³-hybridized carbons (Fsp3) is 0.250. The molecule has 8 heteroatoms. The van der Waals surface area contributed by atoms with E-state index in [1.54, 1.807) is 24.5 Å². The minimum absolute atomic E-state index is 0.208. The van der Waals surface area contributed by atoms with Crippen molar-refractivity contribution in [2.45, 2.75) is 19.4 Å². The van der Waals surface area contributed by atoms with Crippen LogP contribution in [0.2, 0.25) is 0 Å². The second-order valence-electron chi connectivity index (χ2n) is 5.26. The highest BCUT2D eigenvalue weighted by molar-refractivity contribution is 7.14. The van der Waals surface area contributed by atoms with E-state index >= 15 is 0 Å². The number of pyridine rings is 1. The second kappa shape index (κ2) is 7.33. The van der Waals surface area contributed by atoms with Crippen LogP contribution in [0.4, 0.5) is 5.69 Å². The SMILES string of the molecule is CNC(C)Cc1noc(-c2sccc2NC(=O)c2ccncc2)n1. The highest BCUT2D eigenvalue weighted by Gasteiger charge is 2.17. The van der Waals surface area contributed by atoms with E-state index in [4.69, 9.17) is 4.52 Å². The molecule has 1 amide bonds. The molecule has 0 bridgehead atoms. The van der Waals surface area contributed by atoms with Crippen LogP contribution < -0.4 is 10.6 Å². The van der Waals surface area contributed by atoms with Gasteiger partial charge in [0.1, 0.15) is 4.88 Å². The topological polar surface area (TPSA) is 92.9 Å². The Morgan fingerprint density at radius 2 is 2.12 bits per heavy atom. The van der Waals surface area contributed by atoms with Gasteiger partial charge in [0.15, 0.2) is 5.82 Å². The third-order valence-corrected chi connectivity index (χ3v) is 4.40. The molecule has 0 saturated heterocycles. The number of amides is 1. The molecule has 3 rings (SSSR count). The summed E-state index contributed by atoms with van der Waals surface area (Å²) in [4.78, 5) is 21.3. The van der Waals surface area contributed by atoms with Crippen LogP contribution in [0.15, 0.2) is 40.5 Å². The number of hydrogen-bond acceptors (Lipinski definition) is 7. The van der Waals surface area contributed by atoms with Crippen molar-refractivity contribution in [1.82, 2.24) is 20.4 Å². The summed E-state index contributed by atoms with van der Waals surface area (Å²) in [6.07, 6.45) is 3.83. The van der Waals surface area contributed by atoms with Gasteiger partial charge in [-0.3, -0.25) is 9.78 Å². The maximum absolute atomic E-state index is 12.3. The number of carbonyl (C=O) groups excluding carboxylic acids is 1. The van der Waals surface area contributed by atoms with E-state index in [2.05, 4.69) is 25.8 Å². The van der Waals surface area contributed by atoms with E-state index < -0.39 is 0 Å². The fourth-order valence-electron chi connectivity index (χ4n) is 2.08. The van der Waals surface area contributed by atoms with Crippen molar-refractivity contribution in [2.24, 2.45) is 0 Å². The van der Waals surface area contributed by atoms with Crippen LogP contribution >= 0.6 is 11.3 Å². The zero-order valence-electron chi connectivity index (χ0n) is 13.3. The Bertz CT molecular complexity index is 815. The molecule has 2 N–H and O–H groups in total. The number of aromatic nitrogens is 3. The first kappa shape index (κ1) is 16.3. The number of anilines is 1. The summed E-state index contributed by atoms with van der Waals surface area (Å²) in [6.45, 7) is 2.04. The Balaban J connectivity index is 1.77. The maximum atomic E-state index is 12.3. The van der Waals surface area contributed by atoms with Gasteiger partial charge in [0.25, 0.3) is 11.8 Å². The largest absolute Gasteiger partial charge is 0.333 e. The average Bonchev–Trinajstić information content (AvgIpc) is 3.24. The van der Waals surface area contributed by atoms with Gasteiger partial charge in [-0.05, 0) is 37.6 Å². The first-order valence-corrected chi connectivity index (χ1v) is 8.34. The minimum Gasteiger partial charge on any atom is -0.333 e. The molecule has 1 atom stereocenters. The van der Waals surface area contributed by atoms with Gasteiger partial charge < -0.3 is 15.2 Å². The molecule has 0 radical (unpaired) electrons. The van der Waals surface area contributed by atoms with Gasteiger partial charge in [-0.25, -0.2) is 0 Å². The molecule has 3 heterocycles. The lowest BCUT2D eigenvalue weighted by Gasteiger charge is -2.05. The summed E-state index contributed by atoms with van der Waals surface area (Å²) in [5.41, 5.74) is 1.19. The predicted octanol–water partition coefficient (Wildman–Crippen LogP) is 2.60. The maximum Gasteiger partial charge on any atom is 0.270 e. The molecule has 1 unspecified atom stereocenters. The monoisotopic (exact) mass is 343 g/mol. The smallest absolute Gasteiger partial charge is 0.270 e. The van der Waals surface area contributed by atoms with Crippen molar-refractivity contribution in [3.63, 3.8) is 0 Å². The van der Waals surface area contributed by atoms with E-state index in [0.29, 0.717) is 29.4 Å². The third-order valence-electron chi connectivity index (χ3n) is 3.50. The third kappa shape index (κ3) is 3.66. The van der Waals surface area contributed by atoms with Crippen LogP contribution in [-0.4, -0.2) is 34.1 Å². The van der Waals surface area contributed by atoms with Crippen LogP contribution in [0, 0.1) is 0 Å². The number of carbonyl (C=O) groups is 1. The van der Waals surface area contributed by atoms with Gasteiger partial charge >= 0.3 is 0 Å². The lowest BCUT2D eigenvalue weighted by molar-refractivity contribution is 0.102. The molecule has 24 heavy (non-hydrogen) atoms. The van der Waals surface area contributed by atoms with Gasteiger partial charge in [0.2, 0.25) is 0 Å². The quantitative estimate of drug-likeness (QED) is 0.714. The molecule has 0 aromatic carbocycles.